The molecule has 0 amide bonds. The zero-order valence-corrected chi connectivity index (χ0v) is 12.0. The summed E-state index contributed by atoms with van der Waals surface area (Å²) < 4.78 is 5.79. The fourth-order valence-electron chi connectivity index (χ4n) is 1.78. The molecule has 19 heavy (non-hydrogen) atoms. The lowest BCUT2D eigenvalue weighted by atomic mass is 10.1. The van der Waals surface area contributed by atoms with Gasteiger partial charge in [-0.2, -0.15) is 0 Å². The van der Waals surface area contributed by atoms with Crippen LogP contribution in [0.1, 0.15) is 26.3 Å². The molecule has 0 spiro atoms. The number of anilines is 1. The molecule has 0 aliphatic carbocycles. The molecule has 2 nitrogen and oxygen atoms in total. The Kier molecular flexibility index (Phi) is 3.79. The minimum absolute atomic E-state index is 0.0688. The van der Waals surface area contributed by atoms with Crippen LogP contribution in [-0.4, -0.2) is 5.54 Å². The second kappa shape index (κ2) is 5.35. The zero-order valence-electron chi connectivity index (χ0n) is 12.0. The molecule has 2 aromatic carbocycles. The van der Waals surface area contributed by atoms with Crippen LogP contribution in [0.2, 0.25) is 0 Å². The highest BCUT2D eigenvalue weighted by Gasteiger charge is 2.08. The quantitative estimate of drug-likeness (QED) is 0.833. The fraction of sp³-hybridized carbons (Fsp3) is 0.294. The average molecular weight is 255 g/mol. The van der Waals surface area contributed by atoms with E-state index in [4.69, 9.17) is 4.74 Å². The lowest BCUT2D eigenvalue weighted by Gasteiger charge is -2.22. The van der Waals surface area contributed by atoms with Gasteiger partial charge in [-0.3, -0.25) is 0 Å². The van der Waals surface area contributed by atoms with Gasteiger partial charge in [-0.1, -0.05) is 17.7 Å². The maximum absolute atomic E-state index is 5.79. The number of nitrogens with one attached hydrogen (secondary N) is 1. The minimum Gasteiger partial charge on any atom is -0.457 e. The minimum atomic E-state index is 0.0688. The van der Waals surface area contributed by atoms with Crippen LogP contribution in [0.5, 0.6) is 11.5 Å². The van der Waals surface area contributed by atoms with Crippen molar-refractivity contribution in [3.63, 3.8) is 0 Å². The van der Waals surface area contributed by atoms with Crippen molar-refractivity contribution in [3.05, 3.63) is 54.1 Å². The zero-order chi connectivity index (χ0) is 13.9. The molecule has 0 unspecified atom stereocenters. The molecule has 1 N–H and O–H groups in total. The topological polar surface area (TPSA) is 21.3 Å². The molecule has 0 atom stereocenters. The van der Waals surface area contributed by atoms with Gasteiger partial charge >= 0.3 is 0 Å². The lowest BCUT2D eigenvalue weighted by molar-refractivity contribution is 0.482. The first kappa shape index (κ1) is 13.5. The number of hydrogen-bond acceptors (Lipinski definition) is 2. The molecule has 2 rings (SSSR count). The first-order valence-electron chi connectivity index (χ1n) is 6.55. The van der Waals surface area contributed by atoms with Crippen LogP contribution in [0.25, 0.3) is 0 Å². The van der Waals surface area contributed by atoms with Crippen molar-refractivity contribution in [1.29, 1.82) is 0 Å². The van der Waals surface area contributed by atoms with Crippen molar-refractivity contribution in [1.82, 2.24) is 0 Å². The molecule has 0 aliphatic heterocycles. The van der Waals surface area contributed by atoms with Gasteiger partial charge in [-0.25, -0.2) is 0 Å². The summed E-state index contributed by atoms with van der Waals surface area (Å²) in [6.07, 6.45) is 0. The Hall–Kier alpha value is -1.96. The summed E-state index contributed by atoms with van der Waals surface area (Å²) in [5.41, 5.74) is 2.40. The number of rotatable bonds is 3. The second-order valence-corrected chi connectivity index (χ2v) is 5.81. The van der Waals surface area contributed by atoms with Crippen molar-refractivity contribution >= 4 is 5.69 Å². The molecule has 0 aromatic heterocycles. The van der Waals surface area contributed by atoms with E-state index in [1.807, 2.05) is 48.5 Å². The number of aryl methyl sites for hydroxylation is 1. The van der Waals surface area contributed by atoms with Crippen molar-refractivity contribution in [2.24, 2.45) is 0 Å². The van der Waals surface area contributed by atoms with Crippen molar-refractivity contribution in [3.8, 4) is 11.5 Å². The van der Waals surface area contributed by atoms with Crippen LogP contribution in [0.3, 0.4) is 0 Å². The molecule has 0 bridgehead atoms. The molecular formula is C17H21NO. The summed E-state index contributed by atoms with van der Waals surface area (Å²) in [6, 6.07) is 16.1. The van der Waals surface area contributed by atoms with Crippen LogP contribution < -0.4 is 10.1 Å². The Balaban J connectivity index is 2.04. The van der Waals surface area contributed by atoms with Gasteiger partial charge in [0.2, 0.25) is 0 Å². The molecular weight excluding hydrogens is 234 g/mol. The van der Waals surface area contributed by atoms with Gasteiger partial charge in [0.05, 0.1) is 0 Å². The number of hydrogen-bond donors (Lipinski definition) is 1. The highest BCUT2D eigenvalue weighted by atomic mass is 16.5. The van der Waals surface area contributed by atoms with Gasteiger partial charge in [0.15, 0.2) is 0 Å². The molecule has 2 heteroatoms. The summed E-state index contributed by atoms with van der Waals surface area (Å²) >= 11 is 0. The van der Waals surface area contributed by atoms with E-state index in [2.05, 4.69) is 33.0 Å². The van der Waals surface area contributed by atoms with Gasteiger partial charge in [0, 0.05) is 11.2 Å². The molecule has 0 radical (unpaired) electrons. The maximum Gasteiger partial charge on any atom is 0.127 e. The smallest absolute Gasteiger partial charge is 0.127 e. The van der Waals surface area contributed by atoms with E-state index in [0.717, 1.165) is 17.2 Å². The van der Waals surface area contributed by atoms with Crippen LogP contribution in [0.15, 0.2) is 48.5 Å². The van der Waals surface area contributed by atoms with E-state index in [-0.39, 0.29) is 5.54 Å². The predicted octanol–water partition coefficient (Wildman–Crippen LogP) is 5.00. The normalized spacial score (nSPS) is 11.2. The Morgan fingerprint density at radius 3 is 1.74 bits per heavy atom. The highest BCUT2D eigenvalue weighted by Crippen LogP contribution is 2.24. The fourth-order valence-corrected chi connectivity index (χ4v) is 1.78. The third-order valence-corrected chi connectivity index (χ3v) is 2.63. The van der Waals surface area contributed by atoms with Crippen LogP contribution in [-0.2, 0) is 0 Å². The van der Waals surface area contributed by atoms with Gasteiger partial charge in [-0.15, -0.1) is 0 Å². The molecule has 100 valence electrons. The summed E-state index contributed by atoms with van der Waals surface area (Å²) in [5.74, 6) is 1.71. The van der Waals surface area contributed by atoms with Crippen molar-refractivity contribution in [2.45, 2.75) is 33.2 Å². The van der Waals surface area contributed by atoms with E-state index < -0.39 is 0 Å². The van der Waals surface area contributed by atoms with Gasteiger partial charge in [0.1, 0.15) is 11.5 Å². The monoisotopic (exact) mass is 255 g/mol. The van der Waals surface area contributed by atoms with E-state index in [0.29, 0.717) is 0 Å². The Bertz CT molecular complexity index is 521. The van der Waals surface area contributed by atoms with Crippen LogP contribution in [0, 0.1) is 6.92 Å². The molecule has 2 aromatic rings. The first-order valence-corrected chi connectivity index (χ1v) is 6.55. The Morgan fingerprint density at radius 1 is 0.789 bits per heavy atom. The average Bonchev–Trinajstić information content (AvgIpc) is 2.33. The largest absolute Gasteiger partial charge is 0.457 e. The Morgan fingerprint density at radius 2 is 1.26 bits per heavy atom. The van der Waals surface area contributed by atoms with E-state index >= 15 is 0 Å². The third-order valence-electron chi connectivity index (χ3n) is 2.63. The first-order chi connectivity index (χ1) is 8.92. The standard InChI is InChI=1S/C17H21NO/c1-13-5-9-15(10-6-13)19-16-11-7-14(8-12-16)18-17(2,3)4/h5-12,18H,1-4H3. The van der Waals surface area contributed by atoms with Crippen LogP contribution in [0.4, 0.5) is 5.69 Å². The highest BCUT2D eigenvalue weighted by molar-refractivity contribution is 5.48. The molecule has 0 heterocycles. The predicted molar refractivity (Wildman–Crippen MR) is 81.1 cm³/mol. The summed E-state index contributed by atoms with van der Waals surface area (Å²) in [4.78, 5) is 0. The van der Waals surface area contributed by atoms with Crippen molar-refractivity contribution in [2.75, 3.05) is 5.32 Å². The van der Waals surface area contributed by atoms with Gasteiger partial charge in [-0.05, 0) is 64.1 Å². The number of ether oxygens (including phenoxy) is 1. The molecule has 0 saturated heterocycles. The maximum atomic E-state index is 5.79. The third kappa shape index (κ3) is 4.32. The summed E-state index contributed by atoms with van der Waals surface area (Å²) in [5, 5.41) is 3.42. The SMILES string of the molecule is Cc1ccc(Oc2ccc(NC(C)(C)C)cc2)cc1. The second-order valence-electron chi connectivity index (χ2n) is 5.81. The van der Waals surface area contributed by atoms with Crippen LogP contribution >= 0.6 is 0 Å². The molecule has 0 aliphatic rings. The van der Waals surface area contributed by atoms with E-state index in [1.165, 1.54) is 5.56 Å². The van der Waals surface area contributed by atoms with Gasteiger partial charge in [0.25, 0.3) is 0 Å². The molecule has 0 saturated carbocycles. The van der Waals surface area contributed by atoms with E-state index in [9.17, 15) is 0 Å². The lowest BCUT2D eigenvalue weighted by Crippen LogP contribution is -2.25. The Labute approximate surface area is 115 Å². The van der Waals surface area contributed by atoms with E-state index in [1.54, 1.807) is 0 Å². The van der Waals surface area contributed by atoms with Crippen molar-refractivity contribution < 1.29 is 4.74 Å². The number of benzene rings is 2. The summed E-state index contributed by atoms with van der Waals surface area (Å²) in [7, 11) is 0. The summed E-state index contributed by atoms with van der Waals surface area (Å²) in [6.45, 7) is 8.49. The van der Waals surface area contributed by atoms with Gasteiger partial charge < -0.3 is 10.1 Å². The molecule has 0 fully saturated rings.